The molecule has 1 fully saturated rings. The van der Waals surface area contributed by atoms with Gasteiger partial charge >= 0.3 is 0 Å². The molecular formula is C19H27N5O. The second kappa shape index (κ2) is 5.71. The molecule has 0 unspecified atom stereocenters. The number of carbonyl (C=O) groups excluding carboxylic acids is 1. The Labute approximate surface area is 148 Å². The van der Waals surface area contributed by atoms with Crippen molar-refractivity contribution in [2.75, 3.05) is 0 Å². The minimum atomic E-state index is -0.0410. The van der Waals surface area contributed by atoms with Gasteiger partial charge in [0, 0.05) is 24.2 Å². The van der Waals surface area contributed by atoms with Gasteiger partial charge in [-0.2, -0.15) is 10.2 Å². The van der Waals surface area contributed by atoms with Crippen molar-refractivity contribution in [3.05, 3.63) is 34.9 Å². The highest BCUT2D eigenvalue weighted by atomic mass is 16.2. The van der Waals surface area contributed by atoms with E-state index in [0.717, 1.165) is 25.0 Å². The SMILES string of the molecule is Cn1nc(C2CC2)cc1C(=O)N[C@H]1CCCc2c1cnn2C(C)(C)C. The van der Waals surface area contributed by atoms with Crippen molar-refractivity contribution in [3.8, 4) is 0 Å². The number of hydrogen-bond acceptors (Lipinski definition) is 3. The topological polar surface area (TPSA) is 64.7 Å². The highest BCUT2D eigenvalue weighted by Gasteiger charge is 2.31. The van der Waals surface area contributed by atoms with Crippen LogP contribution in [0.3, 0.4) is 0 Å². The van der Waals surface area contributed by atoms with Gasteiger partial charge in [-0.15, -0.1) is 0 Å². The number of aryl methyl sites for hydroxylation is 1. The summed E-state index contributed by atoms with van der Waals surface area (Å²) in [6.45, 7) is 6.49. The van der Waals surface area contributed by atoms with E-state index in [0.29, 0.717) is 11.6 Å². The molecule has 4 rings (SSSR count). The normalized spacial score (nSPS) is 20.4. The monoisotopic (exact) mass is 341 g/mol. The van der Waals surface area contributed by atoms with Crippen LogP contribution in [0.15, 0.2) is 12.3 Å². The van der Waals surface area contributed by atoms with E-state index in [1.54, 1.807) is 4.68 Å². The molecule has 0 radical (unpaired) electrons. The van der Waals surface area contributed by atoms with Crippen LogP contribution in [0.5, 0.6) is 0 Å². The summed E-state index contributed by atoms with van der Waals surface area (Å²) in [6.07, 6.45) is 7.37. The van der Waals surface area contributed by atoms with Crippen molar-refractivity contribution < 1.29 is 4.79 Å². The Morgan fingerprint density at radius 3 is 2.72 bits per heavy atom. The summed E-state index contributed by atoms with van der Waals surface area (Å²) in [6, 6.07) is 1.99. The van der Waals surface area contributed by atoms with E-state index in [9.17, 15) is 4.79 Å². The molecule has 2 aromatic heterocycles. The molecule has 2 aliphatic rings. The van der Waals surface area contributed by atoms with Gasteiger partial charge in [-0.1, -0.05) is 0 Å². The Balaban J connectivity index is 1.56. The van der Waals surface area contributed by atoms with Gasteiger partial charge in [0.25, 0.3) is 5.91 Å². The number of carbonyl (C=O) groups is 1. The maximum atomic E-state index is 12.8. The zero-order valence-corrected chi connectivity index (χ0v) is 15.5. The van der Waals surface area contributed by atoms with E-state index in [1.807, 2.05) is 19.3 Å². The molecule has 2 aliphatic carbocycles. The van der Waals surface area contributed by atoms with E-state index in [2.05, 4.69) is 41.0 Å². The van der Waals surface area contributed by atoms with Gasteiger partial charge < -0.3 is 5.32 Å². The number of rotatable bonds is 3. The highest BCUT2D eigenvalue weighted by molar-refractivity contribution is 5.93. The number of fused-ring (bicyclic) bond motifs is 1. The summed E-state index contributed by atoms with van der Waals surface area (Å²) in [7, 11) is 1.85. The molecule has 1 amide bonds. The molecule has 2 heterocycles. The molecule has 0 spiro atoms. The second-order valence-corrected chi connectivity index (χ2v) is 8.40. The van der Waals surface area contributed by atoms with E-state index in [4.69, 9.17) is 0 Å². The van der Waals surface area contributed by atoms with Crippen LogP contribution in [0.1, 0.15) is 85.9 Å². The molecule has 0 aromatic carbocycles. The molecule has 1 atom stereocenters. The number of amides is 1. The van der Waals surface area contributed by atoms with Crippen LogP contribution >= 0.6 is 0 Å². The van der Waals surface area contributed by atoms with Crippen LogP contribution in [0.4, 0.5) is 0 Å². The second-order valence-electron chi connectivity index (χ2n) is 8.40. The largest absolute Gasteiger partial charge is 0.344 e. The fourth-order valence-corrected chi connectivity index (χ4v) is 3.80. The van der Waals surface area contributed by atoms with Gasteiger partial charge in [-0.25, -0.2) is 0 Å². The predicted molar refractivity (Wildman–Crippen MR) is 95.6 cm³/mol. The van der Waals surface area contributed by atoms with Gasteiger partial charge in [-0.3, -0.25) is 14.2 Å². The first-order chi connectivity index (χ1) is 11.8. The summed E-state index contributed by atoms with van der Waals surface area (Å²) >= 11 is 0. The lowest BCUT2D eigenvalue weighted by atomic mass is 9.92. The standard InChI is InChI=1S/C19H27N5O/c1-19(2,3)24-16-7-5-6-14(13(16)11-20-24)21-18(25)17-10-15(12-8-9-12)22-23(17)4/h10-12,14H,5-9H2,1-4H3,(H,21,25)/t14-/m0/s1. The molecular weight excluding hydrogens is 314 g/mol. The van der Waals surface area contributed by atoms with Crippen molar-refractivity contribution in [1.29, 1.82) is 0 Å². The molecule has 25 heavy (non-hydrogen) atoms. The van der Waals surface area contributed by atoms with Crippen molar-refractivity contribution >= 4 is 5.91 Å². The van der Waals surface area contributed by atoms with Gasteiger partial charge in [0.2, 0.25) is 0 Å². The summed E-state index contributed by atoms with van der Waals surface area (Å²) in [5, 5.41) is 12.3. The maximum Gasteiger partial charge on any atom is 0.270 e. The quantitative estimate of drug-likeness (QED) is 0.933. The smallest absolute Gasteiger partial charge is 0.270 e. The maximum absolute atomic E-state index is 12.8. The lowest BCUT2D eigenvalue weighted by molar-refractivity contribution is 0.0923. The fourth-order valence-electron chi connectivity index (χ4n) is 3.80. The van der Waals surface area contributed by atoms with Crippen molar-refractivity contribution in [2.24, 2.45) is 7.05 Å². The third kappa shape index (κ3) is 2.98. The number of hydrogen-bond donors (Lipinski definition) is 1. The number of nitrogens with zero attached hydrogens (tertiary/aromatic N) is 4. The van der Waals surface area contributed by atoms with Gasteiger partial charge in [0.05, 0.1) is 23.5 Å². The first kappa shape index (κ1) is 16.4. The van der Waals surface area contributed by atoms with E-state index < -0.39 is 0 Å². The zero-order chi connectivity index (χ0) is 17.8. The van der Waals surface area contributed by atoms with Crippen molar-refractivity contribution in [1.82, 2.24) is 24.9 Å². The van der Waals surface area contributed by atoms with E-state index in [1.165, 1.54) is 24.1 Å². The number of aromatic nitrogens is 4. The van der Waals surface area contributed by atoms with Crippen LogP contribution in [0.2, 0.25) is 0 Å². The summed E-state index contributed by atoms with van der Waals surface area (Å²) in [5.74, 6) is 0.516. The number of nitrogens with one attached hydrogen (secondary N) is 1. The average Bonchev–Trinajstić information content (AvgIpc) is 3.16. The fraction of sp³-hybridized carbons (Fsp3) is 0.632. The summed E-state index contributed by atoms with van der Waals surface area (Å²) < 4.78 is 3.82. The molecule has 1 N–H and O–H groups in total. The minimum Gasteiger partial charge on any atom is -0.344 e. The van der Waals surface area contributed by atoms with Crippen LogP contribution in [0, 0.1) is 0 Å². The molecule has 2 aromatic rings. The van der Waals surface area contributed by atoms with Crippen LogP contribution < -0.4 is 5.32 Å². The third-order valence-corrected chi connectivity index (χ3v) is 5.25. The Bertz CT molecular complexity index is 806. The van der Waals surface area contributed by atoms with Gasteiger partial charge in [0.1, 0.15) is 5.69 Å². The van der Waals surface area contributed by atoms with Gasteiger partial charge in [-0.05, 0) is 58.9 Å². The summed E-state index contributed by atoms with van der Waals surface area (Å²) in [5.41, 5.74) is 4.09. The zero-order valence-electron chi connectivity index (χ0n) is 15.5. The Morgan fingerprint density at radius 2 is 2.04 bits per heavy atom. The lowest BCUT2D eigenvalue weighted by Gasteiger charge is -2.28. The molecule has 134 valence electrons. The van der Waals surface area contributed by atoms with Crippen LogP contribution in [-0.4, -0.2) is 25.5 Å². The first-order valence-corrected chi connectivity index (χ1v) is 9.26. The van der Waals surface area contributed by atoms with Crippen molar-refractivity contribution in [2.45, 2.75) is 70.4 Å². The third-order valence-electron chi connectivity index (χ3n) is 5.25. The molecule has 1 saturated carbocycles. The molecule has 0 saturated heterocycles. The van der Waals surface area contributed by atoms with E-state index >= 15 is 0 Å². The average molecular weight is 341 g/mol. The van der Waals surface area contributed by atoms with E-state index in [-0.39, 0.29) is 17.5 Å². The highest BCUT2D eigenvalue weighted by Crippen LogP contribution is 2.39. The van der Waals surface area contributed by atoms with Crippen molar-refractivity contribution in [3.63, 3.8) is 0 Å². The van der Waals surface area contributed by atoms with Crippen LogP contribution in [-0.2, 0) is 19.0 Å². The molecule has 6 heteroatoms. The Morgan fingerprint density at radius 1 is 1.28 bits per heavy atom. The Hall–Kier alpha value is -2.11. The van der Waals surface area contributed by atoms with Gasteiger partial charge in [0.15, 0.2) is 0 Å². The van der Waals surface area contributed by atoms with Crippen LogP contribution in [0.25, 0.3) is 0 Å². The molecule has 6 nitrogen and oxygen atoms in total. The first-order valence-electron chi connectivity index (χ1n) is 9.26. The molecule has 0 aliphatic heterocycles. The lowest BCUT2D eigenvalue weighted by Crippen LogP contribution is -2.33. The molecule has 0 bridgehead atoms. The minimum absolute atomic E-state index is 0.0339. The predicted octanol–water partition coefficient (Wildman–Crippen LogP) is 3.06. The summed E-state index contributed by atoms with van der Waals surface area (Å²) in [4.78, 5) is 12.8. The Kier molecular flexibility index (Phi) is 3.74.